The molecular formula is C33H42N2O7. The Morgan fingerprint density at radius 1 is 1.07 bits per heavy atom. The number of carboxylic acid groups (broad SMARTS) is 1. The number of methoxy groups -OCH3 is 2. The quantitative estimate of drug-likeness (QED) is 0.519. The number of anilines is 1. The van der Waals surface area contributed by atoms with E-state index in [4.69, 9.17) is 14.2 Å². The van der Waals surface area contributed by atoms with E-state index in [0.717, 1.165) is 40.8 Å². The highest BCUT2D eigenvalue weighted by Crippen LogP contribution is 2.49. The van der Waals surface area contributed by atoms with Crippen molar-refractivity contribution in [2.45, 2.75) is 78.0 Å². The minimum Gasteiger partial charge on any atom is -0.497 e. The van der Waals surface area contributed by atoms with Crippen molar-refractivity contribution in [2.24, 2.45) is 11.3 Å². The van der Waals surface area contributed by atoms with E-state index < -0.39 is 24.1 Å². The lowest BCUT2D eigenvalue weighted by molar-refractivity contribution is -0.149. The summed E-state index contributed by atoms with van der Waals surface area (Å²) in [7, 11) is 3.18. The summed E-state index contributed by atoms with van der Waals surface area (Å²) in [5, 5.41) is 9.57. The number of piperidine rings is 1. The number of amides is 2. The third-order valence-electron chi connectivity index (χ3n) is 8.90. The van der Waals surface area contributed by atoms with E-state index in [-0.39, 0.29) is 36.2 Å². The van der Waals surface area contributed by atoms with Crippen molar-refractivity contribution in [2.75, 3.05) is 32.2 Å². The highest BCUT2D eigenvalue weighted by atomic mass is 16.5. The van der Waals surface area contributed by atoms with Crippen molar-refractivity contribution < 1.29 is 33.7 Å². The van der Waals surface area contributed by atoms with Crippen LogP contribution >= 0.6 is 0 Å². The van der Waals surface area contributed by atoms with Gasteiger partial charge in [0.1, 0.15) is 23.7 Å². The Morgan fingerprint density at radius 2 is 1.83 bits per heavy atom. The van der Waals surface area contributed by atoms with Crippen molar-refractivity contribution >= 4 is 23.5 Å². The molecule has 3 aliphatic heterocycles. The second-order valence-corrected chi connectivity index (χ2v) is 12.8. The van der Waals surface area contributed by atoms with Crippen LogP contribution in [0.2, 0.25) is 0 Å². The fourth-order valence-corrected chi connectivity index (χ4v) is 6.78. The van der Waals surface area contributed by atoms with Gasteiger partial charge in [-0.1, -0.05) is 38.5 Å². The molecular weight excluding hydrogens is 536 g/mol. The van der Waals surface area contributed by atoms with Crippen molar-refractivity contribution in [3.05, 3.63) is 52.6 Å². The molecule has 3 heterocycles. The fraction of sp³-hybridized carbons (Fsp3) is 0.545. The van der Waals surface area contributed by atoms with Crippen molar-refractivity contribution in [1.82, 2.24) is 4.90 Å². The lowest BCUT2D eigenvalue weighted by Crippen LogP contribution is -2.54. The molecule has 1 fully saturated rings. The molecule has 226 valence electrons. The Balaban J connectivity index is 1.63. The van der Waals surface area contributed by atoms with Crippen LogP contribution in [0, 0.1) is 18.3 Å². The number of aryl methyl sites for hydroxylation is 2. The second kappa shape index (κ2) is 11.6. The number of carbonyl (C=O) groups excluding carboxylic acids is 2. The van der Waals surface area contributed by atoms with Crippen molar-refractivity contribution in [3.8, 4) is 11.5 Å². The Bertz CT molecular complexity index is 1380. The van der Waals surface area contributed by atoms with Gasteiger partial charge in [0.05, 0.1) is 32.2 Å². The largest absolute Gasteiger partial charge is 0.497 e. The highest BCUT2D eigenvalue weighted by Gasteiger charge is 2.47. The summed E-state index contributed by atoms with van der Waals surface area (Å²) >= 11 is 0. The Kier molecular flexibility index (Phi) is 8.25. The summed E-state index contributed by atoms with van der Waals surface area (Å²) in [4.78, 5) is 43.4. The number of benzene rings is 2. The van der Waals surface area contributed by atoms with Crippen LogP contribution in [0.1, 0.15) is 74.8 Å². The zero-order chi connectivity index (χ0) is 30.3. The van der Waals surface area contributed by atoms with Crippen LogP contribution in [0.3, 0.4) is 0 Å². The first kappa shape index (κ1) is 29.9. The summed E-state index contributed by atoms with van der Waals surface area (Å²) in [5.74, 6) is -0.829. The minimum atomic E-state index is -1.07. The molecule has 42 heavy (non-hydrogen) atoms. The molecule has 0 saturated carbocycles. The van der Waals surface area contributed by atoms with Gasteiger partial charge in [-0.2, -0.15) is 0 Å². The Labute approximate surface area is 247 Å². The molecule has 1 saturated heterocycles. The fourth-order valence-electron chi connectivity index (χ4n) is 6.78. The molecule has 5 rings (SSSR count). The van der Waals surface area contributed by atoms with Gasteiger partial charge in [0.15, 0.2) is 0 Å². The normalized spacial score (nSPS) is 24.1. The molecule has 2 aromatic rings. The highest BCUT2D eigenvalue weighted by molar-refractivity contribution is 6.02. The maximum absolute atomic E-state index is 14.6. The van der Waals surface area contributed by atoms with Crippen LogP contribution in [0.4, 0.5) is 5.69 Å². The Hall–Kier alpha value is -3.59. The van der Waals surface area contributed by atoms with Crippen molar-refractivity contribution in [3.63, 3.8) is 0 Å². The van der Waals surface area contributed by atoms with Crippen LogP contribution < -0.4 is 14.4 Å². The number of carbonyl (C=O) groups is 3. The number of rotatable bonds is 6. The zero-order valence-electron chi connectivity index (χ0n) is 25.4. The molecule has 9 nitrogen and oxygen atoms in total. The average molecular weight is 579 g/mol. The molecule has 2 aromatic carbocycles. The summed E-state index contributed by atoms with van der Waals surface area (Å²) < 4.78 is 18.0. The predicted molar refractivity (Wildman–Crippen MR) is 158 cm³/mol. The lowest BCUT2D eigenvalue weighted by atomic mass is 9.77. The van der Waals surface area contributed by atoms with Gasteiger partial charge >= 0.3 is 5.97 Å². The average Bonchev–Trinajstić information content (AvgIpc) is 3.07. The molecule has 9 heteroatoms. The number of nitrogens with zero attached hydrogens (tertiary/aromatic N) is 2. The maximum Gasteiger partial charge on any atom is 0.308 e. The van der Waals surface area contributed by atoms with Gasteiger partial charge in [0.25, 0.3) is 5.91 Å². The number of likely N-dealkylation sites (tertiary alicyclic amines) is 1. The van der Waals surface area contributed by atoms with Gasteiger partial charge in [-0.25, -0.2) is 0 Å². The van der Waals surface area contributed by atoms with E-state index in [1.54, 1.807) is 25.2 Å². The van der Waals surface area contributed by atoms with E-state index in [9.17, 15) is 19.5 Å². The third kappa shape index (κ3) is 5.59. The van der Waals surface area contributed by atoms with E-state index in [1.165, 1.54) is 0 Å². The van der Waals surface area contributed by atoms with E-state index in [0.29, 0.717) is 30.9 Å². The predicted octanol–water partition coefficient (Wildman–Crippen LogP) is 4.91. The topological polar surface area (TPSA) is 106 Å². The molecule has 2 amide bonds. The standard InChI is InChI=1S/C33H42N2O7/c1-19-14-20-9-12-27(33(2,3)4)35-29(20)24(15-19)30(23-11-10-22(40-5)16-25(23)41-6)42-26(31(35)37)17-28(36)34-13-7-8-21(18-34)32(38)39/h10-11,14-16,21,26-27,30H,7-9,12-13,17-18H2,1-6H3,(H,38,39)/t21?,26-,27+,30-/m1/s1. The number of hydrogen-bond acceptors (Lipinski definition) is 6. The zero-order valence-corrected chi connectivity index (χ0v) is 25.4. The van der Waals surface area contributed by atoms with Crippen LogP contribution in [-0.2, 0) is 25.5 Å². The second-order valence-electron chi connectivity index (χ2n) is 12.8. The minimum absolute atomic E-state index is 0.0944. The van der Waals surface area contributed by atoms with E-state index in [2.05, 4.69) is 32.9 Å². The van der Waals surface area contributed by atoms with Gasteiger partial charge in [-0.15, -0.1) is 0 Å². The molecule has 0 spiro atoms. The van der Waals surface area contributed by atoms with Gasteiger partial charge in [-0.3, -0.25) is 14.4 Å². The molecule has 0 aromatic heterocycles. The maximum atomic E-state index is 14.6. The van der Waals surface area contributed by atoms with E-state index in [1.807, 2.05) is 24.0 Å². The van der Waals surface area contributed by atoms with Crippen LogP contribution in [0.25, 0.3) is 0 Å². The summed E-state index contributed by atoms with van der Waals surface area (Å²) in [5.41, 5.74) is 4.40. The first-order valence-electron chi connectivity index (χ1n) is 14.8. The monoisotopic (exact) mass is 578 g/mol. The molecule has 4 atom stereocenters. The van der Waals surface area contributed by atoms with Gasteiger partial charge in [0, 0.05) is 36.3 Å². The SMILES string of the molecule is COc1ccc([C@H]2O[C@H](CC(=O)N3CCCC(C(=O)O)C3)C(=O)N3c4c(cc(C)cc42)CC[C@H]3C(C)(C)C)c(OC)c1. The van der Waals surface area contributed by atoms with Crippen LogP contribution in [-0.4, -0.2) is 67.2 Å². The number of hydrogen-bond donors (Lipinski definition) is 1. The van der Waals surface area contributed by atoms with Crippen molar-refractivity contribution in [1.29, 1.82) is 0 Å². The van der Waals surface area contributed by atoms with Gasteiger partial charge < -0.3 is 29.1 Å². The summed E-state index contributed by atoms with van der Waals surface area (Å²) in [6, 6.07) is 9.65. The molecule has 3 aliphatic rings. The number of ether oxygens (including phenoxy) is 3. The summed E-state index contributed by atoms with van der Waals surface area (Å²) in [6.45, 7) is 9.07. The Morgan fingerprint density at radius 3 is 2.50 bits per heavy atom. The molecule has 0 bridgehead atoms. The molecule has 0 aliphatic carbocycles. The molecule has 0 radical (unpaired) electrons. The number of aliphatic carboxylic acids is 1. The first-order valence-corrected chi connectivity index (χ1v) is 14.8. The van der Waals surface area contributed by atoms with Gasteiger partial charge in [0.2, 0.25) is 5.91 Å². The van der Waals surface area contributed by atoms with Crippen LogP contribution in [0.5, 0.6) is 11.5 Å². The van der Waals surface area contributed by atoms with Gasteiger partial charge in [-0.05, 0) is 55.7 Å². The third-order valence-corrected chi connectivity index (χ3v) is 8.90. The number of carboxylic acids is 1. The van der Waals surface area contributed by atoms with Crippen LogP contribution in [0.15, 0.2) is 30.3 Å². The van der Waals surface area contributed by atoms with E-state index >= 15 is 0 Å². The lowest BCUT2D eigenvalue weighted by Gasteiger charge is -2.45. The molecule has 1 unspecified atom stereocenters. The smallest absolute Gasteiger partial charge is 0.308 e. The summed E-state index contributed by atoms with van der Waals surface area (Å²) in [6.07, 6.45) is 0.859. The first-order chi connectivity index (χ1) is 19.9. The molecule has 1 N–H and O–H groups in total.